The first-order chi connectivity index (χ1) is 12.4. The summed E-state index contributed by atoms with van der Waals surface area (Å²) in [5.74, 6) is -2.06. The number of benzene rings is 2. The predicted molar refractivity (Wildman–Crippen MR) is 106 cm³/mol. The van der Waals surface area contributed by atoms with Crippen molar-refractivity contribution in [2.45, 2.75) is 18.8 Å². The lowest BCUT2D eigenvalue weighted by atomic mass is 9.97. The van der Waals surface area contributed by atoms with Gasteiger partial charge >= 0.3 is 6.18 Å². The molecule has 0 bridgehead atoms. The molecule has 2 aromatic rings. The number of nitroso groups, excluding NO2 is 1. The first-order valence-electron chi connectivity index (χ1n) is 7.08. The van der Waals surface area contributed by atoms with E-state index in [0.717, 1.165) is 24.3 Å². The molecule has 1 amide bonds. The number of alkyl halides is 4. The molecule has 0 saturated heterocycles. The summed E-state index contributed by atoms with van der Waals surface area (Å²) >= 11 is 3.28. The predicted octanol–water partition coefficient (Wildman–Crippen LogP) is 6.43. The van der Waals surface area contributed by atoms with Crippen LogP contribution in [0.4, 0.5) is 33.3 Å². The highest BCUT2D eigenvalue weighted by molar-refractivity contribution is 14.1. The number of nitrogens with zero attached hydrogens (tertiary/aromatic N) is 1. The smallest absolute Gasteiger partial charge is 0.320 e. The Labute approximate surface area is 177 Å². The third-order valence-corrected chi connectivity index (χ3v) is 5.38. The minimum atomic E-state index is -5.12. The third kappa shape index (κ3) is 4.38. The lowest BCUT2D eigenvalue weighted by molar-refractivity contribution is -0.228. The summed E-state index contributed by atoms with van der Waals surface area (Å²) in [4.78, 5) is 22.8. The van der Waals surface area contributed by atoms with Crippen LogP contribution in [0.3, 0.4) is 0 Å². The fraction of sp³-hybridized carbons (Fsp3) is 0.188. The normalized spacial score (nSPS) is 13.8. The van der Waals surface area contributed by atoms with Gasteiger partial charge in [0, 0.05) is 12.7 Å². The standard InChI is InChI=1S/C16H9F5I2N2O2/c1-15(18,16(19,20)21)7-5-9(22)13(10(23)6-7)24-14(26)8-3-2-4-11(25-27)12(8)17/h2-6H,1H3,(H,24,26). The van der Waals surface area contributed by atoms with Crippen LogP contribution in [0.2, 0.25) is 0 Å². The number of hydrogen-bond acceptors (Lipinski definition) is 3. The van der Waals surface area contributed by atoms with Crippen LogP contribution in [0.5, 0.6) is 0 Å². The van der Waals surface area contributed by atoms with Crippen LogP contribution in [0, 0.1) is 17.9 Å². The van der Waals surface area contributed by atoms with E-state index in [4.69, 9.17) is 0 Å². The van der Waals surface area contributed by atoms with Crippen LogP contribution in [-0.2, 0) is 5.67 Å². The molecule has 144 valence electrons. The number of carbonyl (C=O) groups is 1. The molecule has 1 atom stereocenters. The van der Waals surface area contributed by atoms with Crippen molar-refractivity contribution in [2.75, 3.05) is 5.32 Å². The van der Waals surface area contributed by atoms with Gasteiger partial charge < -0.3 is 5.32 Å². The molecule has 27 heavy (non-hydrogen) atoms. The molecule has 0 aliphatic rings. The minimum Gasteiger partial charge on any atom is -0.320 e. The summed E-state index contributed by atoms with van der Waals surface area (Å²) in [6.07, 6.45) is -5.12. The quantitative estimate of drug-likeness (QED) is 0.247. The molecule has 11 heteroatoms. The van der Waals surface area contributed by atoms with E-state index in [0.29, 0.717) is 6.92 Å². The molecule has 0 heterocycles. The average molecular weight is 610 g/mol. The van der Waals surface area contributed by atoms with E-state index in [1.165, 1.54) is 6.07 Å². The maximum atomic E-state index is 14.2. The molecule has 0 fully saturated rings. The molecule has 0 spiro atoms. The van der Waals surface area contributed by atoms with Gasteiger partial charge in [0.25, 0.3) is 5.91 Å². The van der Waals surface area contributed by atoms with E-state index < -0.39 is 40.4 Å². The highest BCUT2D eigenvalue weighted by atomic mass is 127. The van der Waals surface area contributed by atoms with Crippen molar-refractivity contribution in [2.24, 2.45) is 5.18 Å². The SMILES string of the molecule is CC(F)(c1cc(I)c(NC(=O)c2cccc(N=O)c2F)c(I)c1)C(F)(F)F. The van der Waals surface area contributed by atoms with Gasteiger partial charge in [-0.15, -0.1) is 4.91 Å². The van der Waals surface area contributed by atoms with Crippen LogP contribution in [0.25, 0.3) is 0 Å². The van der Waals surface area contributed by atoms with Gasteiger partial charge in [0.15, 0.2) is 5.82 Å². The summed E-state index contributed by atoms with van der Waals surface area (Å²) in [7, 11) is 0. The van der Waals surface area contributed by atoms with Gasteiger partial charge in [0.05, 0.1) is 11.3 Å². The Hall–Kier alpha value is -1.38. The Kier molecular flexibility index (Phi) is 6.44. The van der Waals surface area contributed by atoms with E-state index in [1.807, 2.05) is 0 Å². The van der Waals surface area contributed by atoms with Gasteiger partial charge in [0.1, 0.15) is 5.69 Å². The number of halogens is 7. The van der Waals surface area contributed by atoms with Crippen molar-refractivity contribution < 1.29 is 26.7 Å². The summed E-state index contributed by atoms with van der Waals surface area (Å²) in [5, 5.41) is 4.82. The molecular weight excluding hydrogens is 601 g/mol. The maximum Gasteiger partial charge on any atom is 0.426 e. The van der Waals surface area contributed by atoms with Crippen LogP contribution in [-0.4, -0.2) is 12.1 Å². The number of carbonyl (C=O) groups excluding carboxylic acids is 1. The summed E-state index contributed by atoms with van der Waals surface area (Å²) in [6, 6.07) is 5.36. The van der Waals surface area contributed by atoms with Crippen LogP contribution in [0.1, 0.15) is 22.8 Å². The van der Waals surface area contributed by atoms with Crippen molar-refractivity contribution in [1.82, 2.24) is 0 Å². The maximum absolute atomic E-state index is 14.2. The van der Waals surface area contributed by atoms with Crippen molar-refractivity contribution in [3.8, 4) is 0 Å². The Morgan fingerprint density at radius 2 is 1.67 bits per heavy atom. The molecule has 2 aromatic carbocycles. The van der Waals surface area contributed by atoms with Gasteiger partial charge in [-0.2, -0.15) is 13.2 Å². The summed E-state index contributed by atoms with van der Waals surface area (Å²) in [5.41, 5.74) is -5.13. The number of hydrogen-bond donors (Lipinski definition) is 1. The Morgan fingerprint density at radius 1 is 1.11 bits per heavy atom. The number of amides is 1. The molecule has 0 aliphatic heterocycles. The Bertz CT molecular complexity index is 893. The van der Waals surface area contributed by atoms with Crippen LogP contribution < -0.4 is 5.32 Å². The van der Waals surface area contributed by atoms with Crippen molar-refractivity contribution in [3.63, 3.8) is 0 Å². The van der Waals surface area contributed by atoms with E-state index in [9.17, 15) is 31.7 Å². The fourth-order valence-electron chi connectivity index (χ4n) is 2.07. The molecule has 0 aliphatic carbocycles. The van der Waals surface area contributed by atoms with Crippen molar-refractivity contribution >= 4 is 62.5 Å². The topological polar surface area (TPSA) is 58.5 Å². The van der Waals surface area contributed by atoms with Gasteiger partial charge in [-0.25, -0.2) is 8.78 Å². The molecule has 0 radical (unpaired) electrons. The largest absolute Gasteiger partial charge is 0.426 e. The minimum absolute atomic E-state index is 0.0896. The van der Waals surface area contributed by atoms with E-state index in [2.05, 4.69) is 10.5 Å². The molecule has 1 unspecified atom stereocenters. The monoisotopic (exact) mass is 610 g/mol. The molecular formula is C16H9F5I2N2O2. The number of nitrogens with one attached hydrogen (secondary N) is 1. The van der Waals surface area contributed by atoms with Gasteiger partial charge in [-0.3, -0.25) is 4.79 Å². The molecule has 0 saturated carbocycles. The molecule has 2 rings (SSSR count). The van der Waals surface area contributed by atoms with E-state index in [-0.39, 0.29) is 12.8 Å². The zero-order valence-electron chi connectivity index (χ0n) is 13.3. The molecule has 1 N–H and O–H groups in total. The van der Waals surface area contributed by atoms with Gasteiger partial charge in [-0.1, -0.05) is 6.07 Å². The van der Waals surface area contributed by atoms with Gasteiger partial charge in [-0.05, 0) is 81.5 Å². The zero-order valence-corrected chi connectivity index (χ0v) is 17.6. The second-order valence-electron chi connectivity index (χ2n) is 5.50. The van der Waals surface area contributed by atoms with E-state index in [1.54, 1.807) is 45.2 Å². The summed E-state index contributed by atoms with van der Waals surface area (Å²) < 4.78 is 67.2. The average Bonchev–Trinajstić information content (AvgIpc) is 2.56. The first-order valence-corrected chi connectivity index (χ1v) is 9.24. The molecule has 4 nitrogen and oxygen atoms in total. The highest BCUT2D eigenvalue weighted by Crippen LogP contribution is 2.44. The fourth-order valence-corrected chi connectivity index (χ4v) is 4.11. The molecule has 0 aromatic heterocycles. The zero-order chi connectivity index (χ0) is 20.6. The van der Waals surface area contributed by atoms with Crippen LogP contribution in [0.15, 0.2) is 35.5 Å². The number of anilines is 1. The first kappa shape index (κ1) is 21.9. The lowest BCUT2D eigenvalue weighted by Crippen LogP contribution is -2.35. The van der Waals surface area contributed by atoms with Gasteiger partial charge in [0.2, 0.25) is 5.67 Å². The van der Waals surface area contributed by atoms with Crippen molar-refractivity contribution in [3.05, 3.63) is 59.3 Å². The number of rotatable bonds is 4. The van der Waals surface area contributed by atoms with Crippen molar-refractivity contribution in [1.29, 1.82) is 0 Å². The van der Waals surface area contributed by atoms with Crippen LogP contribution >= 0.6 is 45.2 Å². The van der Waals surface area contributed by atoms with E-state index >= 15 is 0 Å². The second-order valence-corrected chi connectivity index (χ2v) is 7.82. The Balaban J connectivity index is 2.41. The Morgan fingerprint density at radius 3 is 2.15 bits per heavy atom. The highest BCUT2D eigenvalue weighted by Gasteiger charge is 2.53. The lowest BCUT2D eigenvalue weighted by Gasteiger charge is -2.25. The second kappa shape index (κ2) is 7.93. The third-order valence-electron chi connectivity index (χ3n) is 3.68. The summed E-state index contributed by atoms with van der Waals surface area (Å²) in [6.45, 7) is 0.403.